The average molecular weight is 239 g/mol. The first-order chi connectivity index (χ1) is 7.25. The van der Waals surface area contributed by atoms with E-state index in [1.54, 1.807) is 23.6 Å². The summed E-state index contributed by atoms with van der Waals surface area (Å²) in [6.45, 7) is 2.12. The molecule has 0 radical (unpaired) electrons. The molecule has 2 aromatic rings. The van der Waals surface area contributed by atoms with Crippen LogP contribution in [0.15, 0.2) is 35.2 Å². The molecule has 0 bridgehead atoms. The van der Waals surface area contributed by atoms with Crippen molar-refractivity contribution in [1.29, 1.82) is 0 Å². The van der Waals surface area contributed by atoms with E-state index in [2.05, 4.69) is 34.1 Å². The van der Waals surface area contributed by atoms with Crippen LogP contribution >= 0.6 is 22.9 Å². The van der Waals surface area contributed by atoms with Crippen molar-refractivity contribution in [3.8, 4) is 0 Å². The van der Waals surface area contributed by atoms with Gasteiger partial charge in [0.05, 0.1) is 11.9 Å². The second-order valence-corrected chi connectivity index (χ2v) is 4.46. The summed E-state index contributed by atoms with van der Waals surface area (Å²) in [7, 11) is 0. The third-order valence-electron chi connectivity index (χ3n) is 2.15. The van der Waals surface area contributed by atoms with E-state index >= 15 is 0 Å². The number of halogens is 1. The minimum absolute atomic E-state index is 0.291. The number of aromatic nitrogens is 1. The molecule has 0 saturated carbocycles. The highest BCUT2D eigenvalue weighted by molar-refractivity contribution is 7.07. The predicted molar refractivity (Wildman–Crippen MR) is 65.6 cm³/mol. The Morgan fingerprint density at radius 1 is 1.40 bits per heavy atom. The average Bonchev–Trinajstić information content (AvgIpc) is 2.74. The molecule has 0 saturated heterocycles. The molecule has 2 rings (SSSR count). The molecule has 4 heteroatoms. The molecule has 0 aliphatic rings. The fourth-order valence-electron chi connectivity index (χ4n) is 1.32. The first-order valence-electron chi connectivity index (χ1n) is 4.66. The first-order valence-corrected chi connectivity index (χ1v) is 5.98. The minimum atomic E-state index is 0.291. The van der Waals surface area contributed by atoms with Gasteiger partial charge in [0, 0.05) is 6.04 Å². The normalized spacial score (nSPS) is 12.4. The van der Waals surface area contributed by atoms with Crippen molar-refractivity contribution in [3.05, 3.63) is 45.9 Å². The summed E-state index contributed by atoms with van der Waals surface area (Å²) in [5, 5.41) is 8.09. The number of thiophene rings is 1. The third kappa shape index (κ3) is 2.70. The van der Waals surface area contributed by atoms with Gasteiger partial charge in [0.15, 0.2) is 0 Å². The van der Waals surface area contributed by atoms with Gasteiger partial charge in [-0.05, 0) is 41.4 Å². The lowest BCUT2D eigenvalue weighted by molar-refractivity contribution is 0.888. The standard InChI is InChI=1S/C11H11ClN2S/c1-8(9-4-5-15-7-9)14-10-2-3-11(12)13-6-10/h2-8,14H,1H3. The number of nitrogens with zero attached hydrogens (tertiary/aromatic N) is 1. The Labute approximate surface area is 97.9 Å². The van der Waals surface area contributed by atoms with Crippen LogP contribution in [-0.4, -0.2) is 4.98 Å². The molecule has 0 amide bonds. The number of rotatable bonds is 3. The second kappa shape index (κ2) is 4.64. The molecule has 0 aromatic carbocycles. The molecular weight excluding hydrogens is 228 g/mol. The summed E-state index contributed by atoms with van der Waals surface area (Å²) < 4.78 is 0. The monoisotopic (exact) mass is 238 g/mol. The molecule has 2 aromatic heterocycles. The van der Waals surface area contributed by atoms with Crippen molar-refractivity contribution < 1.29 is 0 Å². The van der Waals surface area contributed by atoms with Gasteiger partial charge in [-0.3, -0.25) is 0 Å². The van der Waals surface area contributed by atoms with Crippen molar-refractivity contribution >= 4 is 28.6 Å². The molecule has 15 heavy (non-hydrogen) atoms. The molecule has 0 fully saturated rings. The number of hydrogen-bond acceptors (Lipinski definition) is 3. The highest BCUT2D eigenvalue weighted by Crippen LogP contribution is 2.21. The molecule has 1 atom stereocenters. The molecular formula is C11H11ClN2S. The van der Waals surface area contributed by atoms with Crippen LogP contribution in [0, 0.1) is 0 Å². The van der Waals surface area contributed by atoms with Crippen LogP contribution in [0.2, 0.25) is 5.15 Å². The maximum absolute atomic E-state index is 5.71. The Morgan fingerprint density at radius 2 is 2.27 bits per heavy atom. The van der Waals surface area contributed by atoms with Gasteiger partial charge in [0.25, 0.3) is 0 Å². The highest BCUT2D eigenvalue weighted by atomic mass is 35.5. The van der Waals surface area contributed by atoms with Gasteiger partial charge in [-0.2, -0.15) is 11.3 Å². The highest BCUT2D eigenvalue weighted by Gasteiger charge is 2.05. The summed E-state index contributed by atoms with van der Waals surface area (Å²) in [6, 6.07) is 6.12. The van der Waals surface area contributed by atoms with Gasteiger partial charge in [0.1, 0.15) is 5.15 Å². The van der Waals surface area contributed by atoms with Crippen LogP contribution in [-0.2, 0) is 0 Å². The summed E-state index contributed by atoms with van der Waals surface area (Å²) >= 11 is 7.41. The fourth-order valence-corrected chi connectivity index (χ4v) is 2.18. The topological polar surface area (TPSA) is 24.9 Å². The summed E-state index contributed by atoms with van der Waals surface area (Å²) in [5.74, 6) is 0. The van der Waals surface area contributed by atoms with Gasteiger partial charge >= 0.3 is 0 Å². The van der Waals surface area contributed by atoms with Crippen LogP contribution in [0.25, 0.3) is 0 Å². The molecule has 1 N–H and O–H groups in total. The molecule has 2 nitrogen and oxygen atoms in total. The van der Waals surface area contributed by atoms with E-state index in [0.29, 0.717) is 11.2 Å². The molecule has 2 heterocycles. The maximum atomic E-state index is 5.71. The Hall–Kier alpha value is -1.06. The van der Waals surface area contributed by atoms with Gasteiger partial charge in [-0.15, -0.1) is 0 Å². The van der Waals surface area contributed by atoms with Crippen molar-refractivity contribution in [2.75, 3.05) is 5.32 Å². The van der Waals surface area contributed by atoms with E-state index in [4.69, 9.17) is 11.6 Å². The van der Waals surface area contributed by atoms with Crippen LogP contribution < -0.4 is 5.32 Å². The van der Waals surface area contributed by atoms with E-state index in [0.717, 1.165) is 5.69 Å². The maximum Gasteiger partial charge on any atom is 0.129 e. The molecule has 78 valence electrons. The SMILES string of the molecule is CC(Nc1ccc(Cl)nc1)c1ccsc1. The lowest BCUT2D eigenvalue weighted by atomic mass is 10.2. The zero-order chi connectivity index (χ0) is 10.7. The Kier molecular flexibility index (Phi) is 3.23. The first kappa shape index (κ1) is 10.5. The molecule has 0 aliphatic carbocycles. The van der Waals surface area contributed by atoms with E-state index in [-0.39, 0.29) is 0 Å². The van der Waals surface area contributed by atoms with Gasteiger partial charge in [-0.25, -0.2) is 4.98 Å². The van der Waals surface area contributed by atoms with Crippen LogP contribution in [0.3, 0.4) is 0 Å². The number of nitrogens with one attached hydrogen (secondary N) is 1. The molecule has 1 unspecified atom stereocenters. The van der Waals surface area contributed by atoms with Crippen LogP contribution in [0.1, 0.15) is 18.5 Å². The minimum Gasteiger partial charge on any atom is -0.377 e. The van der Waals surface area contributed by atoms with Crippen molar-refractivity contribution in [3.63, 3.8) is 0 Å². The van der Waals surface area contributed by atoms with E-state index in [1.807, 2.05) is 6.07 Å². The summed E-state index contributed by atoms with van der Waals surface area (Å²) in [6.07, 6.45) is 1.74. The third-order valence-corrected chi connectivity index (χ3v) is 3.08. The fraction of sp³-hybridized carbons (Fsp3) is 0.182. The van der Waals surface area contributed by atoms with Crippen molar-refractivity contribution in [1.82, 2.24) is 4.98 Å². The molecule has 0 aliphatic heterocycles. The number of hydrogen-bond donors (Lipinski definition) is 1. The molecule has 0 spiro atoms. The lowest BCUT2D eigenvalue weighted by Crippen LogP contribution is -2.05. The Balaban J connectivity index is 2.06. The lowest BCUT2D eigenvalue weighted by Gasteiger charge is -2.13. The zero-order valence-electron chi connectivity index (χ0n) is 8.27. The van der Waals surface area contributed by atoms with E-state index in [9.17, 15) is 0 Å². The summed E-state index contributed by atoms with van der Waals surface area (Å²) in [5.41, 5.74) is 2.27. The van der Waals surface area contributed by atoms with Gasteiger partial charge in [-0.1, -0.05) is 11.6 Å². The van der Waals surface area contributed by atoms with E-state index in [1.165, 1.54) is 5.56 Å². The van der Waals surface area contributed by atoms with Gasteiger partial charge < -0.3 is 5.32 Å². The summed E-state index contributed by atoms with van der Waals surface area (Å²) in [4.78, 5) is 4.02. The predicted octanol–water partition coefficient (Wildman–Crippen LogP) is 3.97. The zero-order valence-corrected chi connectivity index (χ0v) is 9.85. The van der Waals surface area contributed by atoms with Crippen molar-refractivity contribution in [2.24, 2.45) is 0 Å². The van der Waals surface area contributed by atoms with E-state index < -0.39 is 0 Å². The quantitative estimate of drug-likeness (QED) is 0.819. The largest absolute Gasteiger partial charge is 0.377 e. The number of pyridine rings is 1. The van der Waals surface area contributed by atoms with Crippen LogP contribution in [0.5, 0.6) is 0 Å². The smallest absolute Gasteiger partial charge is 0.129 e. The van der Waals surface area contributed by atoms with Crippen molar-refractivity contribution in [2.45, 2.75) is 13.0 Å². The number of anilines is 1. The van der Waals surface area contributed by atoms with Gasteiger partial charge in [0.2, 0.25) is 0 Å². The Bertz CT molecular complexity index is 411. The second-order valence-electron chi connectivity index (χ2n) is 3.29. The van der Waals surface area contributed by atoms with Crippen LogP contribution in [0.4, 0.5) is 5.69 Å². The Morgan fingerprint density at radius 3 is 2.87 bits per heavy atom.